The monoisotopic (exact) mass is 223 g/mol. The van der Waals surface area contributed by atoms with Crippen LogP contribution in [0.3, 0.4) is 0 Å². The van der Waals surface area contributed by atoms with Gasteiger partial charge in [0, 0.05) is 10.4 Å². The van der Waals surface area contributed by atoms with Crippen molar-refractivity contribution in [1.29, 1.82) is 0 Å². The molecule has 0 amide bonds. The molecular weight excluding hydrogens is 216 g/mol. The number of hydrogen-bond donors (Lipinski definition) is 4. The molecule has 0 aromatic rings. The van der Waals surface area contributed by atoms with Crippen molar-refractivity contribution in [1.82, 2.24) is 0 Å². The molecule has 0 heterocycles. The Labute approximate surface area is 68.9 Å². The average Bonchev–Trinajstić information content (AvgIpc) is 1.72. The van der Waals surface area contributed by atoms with E-state index in [1.54, 1.807) is 0 Å². The first-order valence-corrected chi connectivity index (χ1v) is 2.67. The van der Waals surface area contributed by atoms with Crippen LogP contribution in [0, 0.1) is 0 Å². The van der Waals surface area contributed by atoms with Gasteiger partial charge in [0.05, 0.1) is 0 Å². The maximum Gasteiger partial charge on any atom is 2.00 e. The largest absolute Gasteiger partial charge is 2.00 e. The number of rotatable bonds is 0. The molecule has 0 saturated heterocycles. The maximum absolute atomic E-state index is 8.52. The second-order valence-electron chi connectivity index (χ2n) is 0.408. The van der Waals surface area contributed by atoms with Gasteiger partial charge in [0.1, 0.15) is 0 Å². The molecule has 0 bridgehead atoms. The van der Waals surface area contributed by atoms with Gasteiger partial charge in [-0.1, -0.05) is 0 Å². The van der Waals surface area contributed by atoms with Gasteiger partial charge in [-0.25, -0.2) is 0 Å². The summed E-state index contributed by atoms with van der Waals surface area (Å²) in [4.78, 5) is 0. The summed E-state index contributed by atoms with van der Waals surface area (Å²) in [6.07, 6.45) is 0. The molecule has 0 aliphatic heterocycles. The first-order valence-electron chi connectivity index (χ1n) is 1.33. The Morgan fingerprint density at radius 1 is 0.900 bits per heavy atom. The second-order valence-corrected chi connectivity index (χ2v) is 1.22. The molecule has 0 fully saturated rings. The summed E-state index contributed by atoms with van der Waals surface area (Å²) in [5, 5.41) is 0. The van der Waals surface area contributed by atoms with Gasteiger partial charge < -0.3 is 9.11 Å². The van der Waals surface area contributed by atoms with Gasteiger partial charge in [-0.3, -0.25) is 31.8 Å². The number of hydrazine groups is 2. The molecule has 10 heavy (non-hydrogen) atoms. The topological polar surface area (TPSA) is 184 Å². The Morgan fingerprint density at radius 2 is 0.900 bits per heavy atom. The van der Waals surface area contributed by atoms with Crippen molar-refractivity contribution in [3.05, 3.63) is 0 Å². The zero-order chi connectivity index (χ0) is 8.50. The van der Waals surface area contributed by atoms with Crippen LogP contribution in [0.15, 0.2) is 0 Å². The van der Waals surface area contributed by atoms with Crippen LogP contribution in [-0.4, -0.2) is 17.5 Å². The fourth-order valence-electron chi connectivity index (χ4n) is 0. The van der Waals surface area contributed by atoms with Crippen molar-refractivity contribution in [3.8, 4) is 0 Å². The zero-order valence-electron chi connectivity index (χ0n) is 4.65. The molecule has 8 N–H and O–H groups in total. The molecule has 0 saturated carbocycles. The average molecular weight is 224 g/mol. The minimum Gasteiger partial charge on any atom is -0.759 e. The molecular formula is H8CuN4O4S. The maximum atomic E-state index is 8.52. The fourth-order valence-corrected chi connectivity index (χ4v) is 0. The summed E-state index contributed by atoms with van der Waals surface area (Å²) in [5.74, 6) is 16.0. The summed E-state index contributed by atoms with van der Waals surface area (Å²) in [5.41, 5.74) is 0. The van der Waals surface area contributed by atoms with Crippen LogP contribution in [0.1, 0.15) is 0 Å². The Kier molecular flexibility index (Phi) is 36.2. The molecule has 0 atom stereocenters. The SMILES string of the molecule is NN.NN.O=S(=O)([O-])[O-].[Cu+2]. The van der Waals surface area contributed by atoms with Crippen LogP contribution in [0.4, 0.5) is 0 Å². The molecule has 8 nitrogen and oxygen atoms in total. The van der Waals surface area contributed by atoms with E-state index in [9.17, 15) is 0 Å². The Morgan fingerprint density at radius 3 is 0.900 bits per heavy atom. The Bertz CT molecular complexity index is 100. The van der Waals surface area contributed by atoms with Gasteiger partial charge >= 0.3 is 17.1 Å². The quantitative estimate of drug-likeness (QED) is 0.106. The Hall–Kier alpha value is 0.229. The minimum atomic E-state index is -5.17. The molecule has 0 spiro atoms. The zero-order valence-corrected chi connectivity index (χ0v) is 6.41. The summed E-state index contributed by atoms with van der Waals surface area (Å²) < 4.78 is 34.1. The van der Waals surface area contributed by atoms with Crippen molar-refractivity contribution in [3.63, 3.8) is 0 Å². The van der Waals surface area contributed by atoms with Crippen molar-refractivity contribution >= 4 is 10.4 Å². The molecule has 0 aromatic carbocycles. The third kappa shape index (κ3) is 8170. The molecule has 69 valence electrons. The van der Waals surface area contributed by atoms with E-state index in [-0.39, 0.29) is 17.1 Å². The van der Waals surface area contributed by atoms with Crippen molar-refractivity contribution < 1.29 is 34.6 Å². The van der Waals surface area contributed by atoms with Gasteiger partial charge in [0.25, 0.3) is 0 Å². The van der Waals surface area contributed by atoms with E-state index in [1.165, 1.54) is 0 Å². The minimum absolute atomic E-state index is 0. The predicted octanol–water partition coefficient (Wildman–Crippen LogP) is -3.70. The van der Waals surface area contributed by atoms with E-state index in [2.05, 4.69) is 23.4 Å². The third-order valence-electron chi connectivity index (χ3n) is 0. The molecule has 10 heteroatoms. The van der Waals surface area contributed by atoms with Crippen LogP contribution >= 0.6 is 0 Å². The fraction of sp³-hybridized carbons (Fsp3) is 0. The summed E-state index contributed by atoms with van der Waals surface area (Å²) >= 11 is 0. The van der Waals surface area contributed by atoms with Gasteiger partial charge in [0.2, 0.25) is 0 Å². The number of nitrogens with two attached hydrogens (primary N) is 4. The molecule has 0 rings (SSSR count). The molecule has 0 unspecified atom stereocenters. The van der Waals surface area contributed by atoms with E-state index in [0.29, 0.717) is 0 Å². The van der Waals surface area contributed by atoms with Crippen LogP contribution in [0.2, 0.25) is 0 Å². The van der Waals surface area contributed by atoms with E-state index in [1.807, 2.05) is 0 Å². The van der Waals surface area contributed by atoms with Crippen molar-refractivity contribution in [2.75, 3.05) is 0 Å². The van der Waals surface area contributed by atoms with Crippen molar-refractivity contribution in [2.45, 2.75) is 0 Å². The van der Waals surface area contributed by atoms with E-state index >= 15 is 0 Å². The molecule has 1 radical (unpaired) electrons. The summed E-state index contributed by atoms with van der Waals surface area (Å²) in [6, 6.07) is 0. The van der Waals surface area contributed by atoms with Gasteiger partial charge in [-0.15, -0.1) is 0 Å². The van der Waals surface area contributed by atoms with E-state index in [0.717, 1.165) is 0 Å². The van der Waals surface area contributed by atoms with Crippen LogP contribution < -0.4 is 23.4 Å². The van der Waals surface area contributed by atoms with Gasteiger partial charge in [-0.2, -0.15) is 0 Å². The molecule has 0 aliphatic rings. The summed E-state index contributed by atoms with van der Waals surface area (Å²) in [7, 11) is -5.17. The first-order chi connectivity index (χ1) is 4.00. The van der Waals surface area contributed by atoms with Crippen LogP contribution in [0.25, 0.3) is 0 Å². The first kappa shape index (κ1) is 22.5. The normalized spacial score (nSPS) is 7.00. The van der Waals surface area contributed by atoms with Crippen LogP contribution in [-0.2, 0) is 27.5 Å². The second kappa shape index (κ2) is 16.1. The Balaban J connectivity index is -0.0000000315. The third-order valence-corrected chi connectivity index (χ3v) is 0. The van der Waals surface area contributed by atoms with E-state index in [4.69, 9.17) is 17.5 Å². The summed E-state index contributed by atoms with van der Waals surface area (Å²) in [6.45, 7) is 0. The van der Waals surface area contributed by atoms with Crippen LogP contribution in [0.5, 0.6) is 0 Å². The van der Waals surface area contributed by atoms with Gasteiger partial charge in [0.15, 0.2) is 0 Å². The number of hydrogen-bond acceptors (Lipinski definition) is 8. The standard InChI is InChI=1S/Cu.2H4N2.H2O4S/c;2*1-2;1-5(2,3)4/h;2*1-2H2;(H2,1,2,3,4)/q+2;;;/p-2. The van der Waals surface area contributed by atoms with E-state index < -0.39 is 10.4 Å². The molecule has 0 aliphatic carbocycles. The smallest absolute Gasteiger partial charge is 0.759 e. The van der Waals surface area contributed by atoms with Gasteiger partial charge in [-0.05, 0) is 0 Å². The molecule has 0 aromatic heterocycles. The predicted molar refractivity (Wildman–Crippen MR) is 27.2 cm³/mol. The van der Waals surface area contributed by atoms with Crippen molar-refractivity contribution in [2.24, 2.45) is 23.4 Å².